The van der Waals surface area contributed by atoms with Crippen LogP contribution in [0.4, 0.5) is 14.5 Å². The lowest BCUT2D eigenvalue weighted by Gasteiger charge is -2.16. The minimum Gasteiger partial charge on any atom is -0.616 e. The Balaban J connectivity index is 2.14. The summed E-state index contributed by atoms with van der Waals surface area (Å²) in [7, 11) is -3.56. The number of halogens is 2. The van der Waals surface area contributed by atoms with E-state index in [1.165, 1.54) is 31.2 Å². The minimum absolute atomic E-state index is 0.0605. The largest absolute Gasteiger partial charge is 0.616 e. The van der Waals surface area contributed by atoms with E-state index in [1.807, 2.05) is 6.92 Å². The van der Waals surface area contributed by atoms with Gasteiger partial charge in [-0.15, -0.1) is 4.73 Å². The van der Waals surface area contributed by atoms with E-state index in [0.717, 1.165) is 12.1 Å². The van der Waals surface area contributed by atoms with Gasteiger partial charge in [-0.3, -0.25) is 4.72 Å². The lowest BCUT2D eigenvalue weighted by molar-refractivity contribution is -0.619. The van der Waals surface area contributed by atoms with Gasteiger partial charge in [-0.05, 0) is 43.7 Å². The second kappa shape index (κ2) is 10.0. The van der Waals surface area contributed by atoms with Crippen molar-refractivity contribution in [2.45, 2.75) is 27.2 Å². The second-order valence-corrected chi connectivity index (χ2v) is 9.27. The lowest BCUT2D eigenvalue weighted by atomic mass is 10.0. The van der Waals surface area contributed by atoms with Gasteiger partial charge in [-0.1, -0.05) is 6.92 Å². The van der Waals surface area contributed by atoms with E-state index >= 15 is 0 Å². The molecule has 0 aliphatic carbocycles. The number of aromatic nitrogens is 1. The summed E-state index contributed by atoms with van der Waals surface area (Å²) < 4.78 is 66.0. The molecule has 0 saturated carbocycles. The zero-order valence-electron chi connectivity index (χ0n) is 18.4. The topological polar surface area (TPSA) is 91.6 Å². The predicted molar refractivity (Wildman–Crippen MR) is 121 cm³/mol. The number of rotatable bonds is 9. The van der Waals surface area contributed by atoms with Gasteiger partial charge >= 0.3 is 5.88 Å². The molecule has 0 spiro atoms. The van der Waals surface area contributed by atoms with Crippen molar-refractivity contribution < 1.29 is 31.4 Å². The summed E-state index contributed by atoms with van der Waals surface area (Å²) in [6, 6.07) is 10.4. The van der Waals surface area contributed by atoms with Crippen molar-refractivity contribution in [2.75, 3.05) is 17.1 Å². The maximum absolute atomic E-state index is 14.2. The molecule has 7 nitrogen and oxygen atoms in total. The molecule has 1 aromatic heterocycles. The minimum atomic E-state index is -3.56. The molecule has 1 N–H and O–H groups in total. The highest BCUT2D eigenvalue weighted by molar-refractivity contribution is 7.92. The first-order valence-corrected chi connectivity index (χ1v) is 11.9. The number of sulfonamides is 1. The van der Waals surface area contributed by atoms with Crippen molar-refractivity contribution in [1.82, 2.24) is 0 Å². The fourth-order valence-corrected chi connectivity index (χ4v) is 3.62. The quantitative estimate of drug-likeness (QED) is 0.348. The molecule has 33 heavy (non-hydrogen) atoms. The number of nitrogens with zero attached hydrogens (tertiary/aromatic N) is 1. The maximum atomic E-state index is 14.2. The highest BCUT2D eigenvalue weighted by Crippen LogP contribution is 2.37. The van der Waals surface area contributed by atoms with E-state index in [2.05, 4.69) is 4.72 Å². The molecule has 3 aromatic rings. The Kier molecular flexibility index (Phi) is 7.37. The summed E-state index contributed by atoms with van der Waals surface area (Å²) in [6.45, 7) is 5.33. The van der Waals surface area contributed by atoms with Gasteiger partial charge in [0, 0.05) is 35.9 Å². The number of benzene rings is 2. The molecule has 0 amide bonds. The van der Waals surface area contributed by atoms with Crippen molar-refractivity contribution in [3.05, 3.63) is 71.1 Å². The van der Waals surface area contributed by atoms with Crippen LogP contribution in [0.15, 0.2) is 48.5 Å². The third-order valence-electron chi connectivity index (χ3n) is 4.68. The molecule has 0 bridgehead atoms. The van der Waals surface area contributed by atoms with Crippen LogP contribution in [0.25, 0.3) is 11.1 Å². The number of anilines is 1. The summed E-state index contributed by atoms with van der Waals surface area (Å²) in [5.41, 5.74) is 1.45. The first-order valence-electron chi connectivity index (χ1n) is 10.3. The van der Waals surface area contributed by atoms with Crippen molar-refractivity contribution in [3.8, 4) is 28.5 Å². The third kappa shape index (κ3) is 5.89. The fourth-order valence-electron chi connectivity index (χ4n) is 2.99. The van der Waals surface area contributed by atoms with Gasteiger partial charge in [0.15, 0.2) is 17.3 Å². The standard InChI is InChI=1S/C23H24F2N2O5S/c1-4-10-31-23-12-16(11-15(3)27(23)28)19-14-18(26-33(29,30)5-2)7-9-21(19)32-22-8-6-17(24)13-20(22)25/h6-9,11-14,26H,4-5,10H2,1-3H3. The highest BCUT2D eigenvalue weighted by Gasteiger charge is 2.19. The summed E-state index contributed by atoms with van der Waals surface area (Å²) in [4.78, 5) is 0. The van der Waals surface area contributed by atoms with Crippen LogP contribution < -0.4 is 18.9 Å². The maximum Gasteiger partial charge on any atom is 0.380 e. The summed E-state index contributed by atoms with van der Waals surface area (Å²) >= 11 is 0. The third-order valence-corrected chi connectivity index (χ3v) is 5.98. The molecule has 0 aliphatic rings. The predicted octanol–water partition coefficient (Wildman–Crippen LogP) is 4.92. The first kappa shape index (κ1) is 24.2. The summed E-state index contributed by atoms with van der Waals surface area (Å²) in [5, 5.41) is 12.4. The Morgan fingerprint density at radius 3 is 2.42 bits per heavy atom. The molecule has 176 valence electrons. The SMILES string of the molecule is CCCOc1cc(-c2cc(NS(=O)(=O)CC)ccc2Oc2ccc(F)cc2F)cc(C)[n+]1[O-]. The van der Waals surface area contributed by atoms with Crippen LogP contribution in [0, 0.1) is 23.8 Å². The second-order valence-electron chi connectivity index (χ2n) is 7.26. The number of nitrogens with one attached hydrogen (secondary N) is 1. The summed E-state index contributed by atoms with van der Waals surface area (Å²) in [6.07, 6.45) is 0.690. The van der Waals surface area contributed by atoms with Gasteiger partial charge in [-0.2, -0.15) is 0 Å². The van der Waals surface area contributed by atoms with Crippen molar-refractivity contribution >= 4 is 15.7 Å². The van der Waals surface area contributed by atoms with Crippen LogP contribution in [-0.2, 0) is 10.0 Å². The van der Waals surface area contributed by atoms with Crippen LogP contribution in [0.3, 0.4) is 0 Å². The van der Waals surface area contributed by atoms with E-state index in [0.29, 0.717) is 40.6 Å². The van der Waals surface area contributed by atoms with Gasteiger partial charge in [0.1, 0.15) is 11.6 Å². The number of pyridine rings is 1. The van der Waals surface area contributed by atoms with Crippen LogP contribution in [-0.4, -0.2) is 20.8 Å². The molecule has 0 aliphatic heterocycles. The Bertz CT molecular complexity index is 1270. The van der Waals surface area contributed by atoms with E-state index in [9.17, 15) is 22.4 Å². The number of hydrogen-bond acceptors (Lipinski definition) is 5. The normalized spacial score (nSPS) is 11.3. The molecule has 1 heterocycles. The molecule has 0 atom stereocenters. The van der Waals surface area contributed by atoms with Crippen molar-refractivity contribution in [2.24, 2.45) is 0 Å². The average molecular weight is 479 g/mol. The van der Waals surface area contributed by atoms with Crippen LogP contribution in [0.5, 0.6) is 17.4 Å². The number of ether oxygens (including phenoxy) is 2. The van der Waals surface area contributed by atoms with Gasteiger partial charge in [0.25, 0.3) is 0 Å². The number of hydrogen-bond donors (Lipinski definition) is 1. The Morgan fingerprint density at radius 2 is 1.76 bits per heavy atom. The molecule has 2 aromatic carbocycles. The van der Waals surface area contributed by atoms with Gasteiger partial charge in [0.2, 0.25) is 10.0 Å². The van der Waals surface area contributed by atoms with E-state index in [-0.39, 0.29) is 28.8 Å². The Labute approximate surface area is 191 Å². The molecule has 0 fully saturated rings. The zero-order chi connectivity index (χ0) is 24.2. The van der Waals surface area contributed by atoms with Crippen LogP contribution >= 0.6 is 0 Å². The molecule has 0 radical (unpaired) electrons. The fraction of sp³-hybridized carbons (Fsp3) is 0.261. The van der Waals surface area contributed by atoms with Gasteiger partial charge in [-0.25, -0.2) is 17.2 Å². The lowest BCUT2D eigenvalue weighted by Crippen LogP contribution is -2.32. The van der Waals surface area contributed by atoms with Crippen LogP contribution in [0.2, 0.25) is 0 Å². The first-order chi connectivity index (χ1) is 15.6. The Morgan fingerprint density at radius 1 is 1.03 bits per heavy atom. The molecular weight excluding hydrogens is 454 g/mol. The molecule has 10 heteroatoms. The van der Waals surface area contributed by atoms with Crippen molar-refractivity contribution in [3.63, 3.8) is 0 Å². The monoisotopic (exact) mass is 478 g/mol. The van der Waals surface area contributed by atoms with E-state index < -0.39 is 21.7 Å². The van der Waals surface area contributed by atoms with E-state index in [1.54, 1.807) is 13.0 Å². The molecule has 3 rings (SSSR count). The van der Waals surface area contributed by atoms with E-state index in [4.69, 9.17) is 9.47 Å². The zero-order valence-corrected chi connectivity index (χ0v) is 19.2. The molecule has 0 unspecified atom stereocenters. The average Bonchev–Trinajstić information content (AvgIpc) is 2.77. The van der Waals surface area contributed by atoms with Gasteiger partial charge < -0.3 is 14.7 Å². The smallest absolute Gasteiger partial charge is 0.380 e. The number of aryl methyl sites for hydroxylation is 1. The summed E-state index contributed by atoms with van der Waals surface area (Å²) in [5.74, 6) is -1.76. The molecule has 0 saturated heterocycles. The van der Waals surface area contributed by atoms with Gasteiger partial charge in [0.05, 0.1) is 18.4 Å². The molecular formula is C23H24F2N2O5S. The Hall–Kier alpha value is -3.40. The van der Waals surface area contributed by atoms with Crippen LogP contribution in [0.1, 0.15) is 26.0 Å². The highest BCUT2D eigenvalue weighted by atomic mass is 32.2. The van der Waals surface area contributed by atoms with Crippen molar-refractivity contribution in [1.29, 1.82) is 0 Å².